The third kappa shape index (κ3) is 5.34. The Morgan fingerprint density at radius 3 is 2.84 bits per heavy atom. The van der Waals surface area contributed by atoms with Gasteiger partial charge in [0, 0.05) is 44.7 Å². The van der Waals surface area contributed by atoms with E-state index in [1.165, 1.54) is 5.56 Å². The van der Waals surface area contributed by atoms with Gasteiger partial charge in [0.1, 0.15) is 5.75 Å². The van der Waals surface area contributed by atoms with Gasteiger partial charge in [-0.15, -0.1) is 0 Å². The monoisotopic (exact) mass is 349 g/mol. The molecule has 1 saturated heterocycles. The predicted octanol–water partition coefficient (Wildman–Crippen LogP) is 1.75. The molecule has 1 aromatic carbocycles. The number of nitrogens with one attached hydrogen (secondary N) is 2. The third-order valence-electron chi connectivity index (χ3n) is 4.93. The second-order valence-corrected chi connectivity index (χ2v) is 6.73. The highest BCUT2D eigenvalue weighted by Gasteiger charge is 2.34. The number of rotatable bonds is 8. The highest BCUT2D eigenvalue weighted by molar-refractivity contribution is 5.79. The molecule has 0 amide bonds. The molecular weight excluding hydrogens is 318 g/mol. The van der Waals surface area contributed by atoms with E-state index in [1.807, 2.05) is 18.2 Å². The van der Waals surface area contributed by atoms with Crippen LogP contribution in [0.1, 0.15) is 31.2 Å². The minimum Gasteiger partial charge on any atom is -0.496 e. The van der Waals surface area contributed by atoms with Crippen molar-refractivity contribution in [2.45, 2.75) is 25.7 Å². The second kappa shape index (κ2) is 9.63. The van der Waals surface area contributed by atoms with Gasteiger partial charge in [0.2, 0.25) is 0 Å². The van der Waals surface area contributed by atoms with Gasteiger partial charge in [-0.05, 0) is 24.5 Å². The fraction of sp³-hybridized carbons (Fsp3) is 0.632. The van der Waals surface area contributed by atoms with Crippen LogP contribution >= 0.6 is 0 Å². The van der Waals surface area contributed by atoms with Gasteiger partial charge in [-0.1, -0.05) is 25.1 Å². The Kier molecular flexibility index (Phi) is 7.52. The molecule has 2 rings (SSSR count). The van der Waals surface area contributed by atoms with Crippen molar-refractivity contribution < 1.29 is 14.6 Å². The first kappa shape index (κ1) is 19.5. The molecule has 0 aromatic heterocycles. The van der Waals surface area contributed by atoms with Crippen LogP contribution in [0.2, 0.25) is 0 Å². The van der Waals surface area contributed by atoms with Crippen LogP contribution in [0, 0.1) is 5.41 Å². The molecule has 1 fully saturated rings. The SMILES string of the molecule is CN=C(NCC(C)c1ccccc1OC)NCC1(CCO)CCOC1. The molecular formula is C19H31N3O3. The van der Waals surface area contributed by atoms with E-state index in [0.29, 0.717) is 6.61 Å². The fourth-order valence-electron chi connectivity index (χ4n) is 3.24. The maximum Gasteiger partial charge on any atom is 0.191 e. The van der Waals surface area contributed by atoms with Gasteiger partial charge in [-0.3, -0.25) is 4.99 Å². The first-order valence-electron chi connectivity index (χ1n) is 8.90. The number of aliphatic hydroxyl groups excluding tert-OH is 1. The van der Waals surface area contributed by atoms with E-state index >= 15 is 0 Å². The Morgan fingerprint density at radius 1 is 1.40 bits per heavy atom. The molecule has 2 atom stereocenters. The van der Waals surface area contributed by atoms with E-state index in [4.69, 9.17) is 9.47 Å². The quantitative estimate of drug-likeness (QED) is 0.492. The highest BCUT2D eigenvalue weighted by Crippen LogP contribution is 2.31. The largest absolute Gasteiger partial charge is 0.496 e. The molecule has 0 aliphatic carbocycles. The van der Waals surface area contributed by atoms with Gasteiger partial charge in [0.05, 0.1) is 13.7 Å². The van der Waals surface area contributed by atoms with Crippen molar-refractivity contribution in [2.75, 3.05) is 47.1 Å². The molecule has 1 heterocycles. The lowest BCUT2D eigenvalue weighted by molar-refractivity contribution is 0.127. The zero-order chi connectivity index (χ0) is 18.1. The summed E-state index contributed by atoms with van der Waals surface area (Å²) in [5, 5.41) is 16.1. The molecule has 6 nitrogen and oxygen atoms in total. The predicted molar refractivity (Wildman–Crippen MR) is 100 cm³/mol. The van der Waals surface area contributed by atoms with Crippen LogP contribution in [-0.2, 0) is 4.74 Å². The fourth-order valence-corrected chi connectivity index (χ4v) is 3.24. The molecule has 2 unspecified atom stereocenters. The zero-order valence-corrected chi connectivity index (χ0v) is 15.5. The standard InChI is InChI=1S/C19H31N3O3/c1-15(16-6-4-5-7-17(16)24-3)12-21-18(20-2)22-13-19(8-10-23)9-11-25-14-19/h4-7,15,23H,8-14H2,1-3H3,(H2,20,21,22). The van der Waals surface area contributed by atoms with Gasteiger partial charge in [-0.2, -0.15) is 0 Å². The van der Waals surface area contributed by atoms with Crippen LogP contribution < -0.4 is 15.4 Å². The van der Waals surface area contributed by atoms with Crippen molar-refractivity contribution in [3.05, 3.63) is 29.8 Å². The van der Waals surface area contributed by atoms with E-state index < -0.39 is 0 Å². The molecule has 0 bridgehead atoms. The minimum atomic E-state index is 0.000631. The molecule has 3 N–H and O–H groups in total. The molecule has 6 heteroatoms. The average Bonchev–Trinajstić information content (AvgIpc) is 3.10. The number of nitrogens with zero attached hydrogens (tertiary/aromatic N) is 1. The summed E-state index contributed by atoms with van der Waals surface area (Å²) in [7, 11) is 3.47. The number of hydrogen-bond donors (Lipinski definition) is 3. The first-order valence-corrected chi connectivity index (χ1v) is 8.90. The van der Waals surface area contributed by atoms with E-state index in [0.717, 1.165) is 44.2 Å². The summed E-state index contributed by atoms with van der Waals surface area (Å²) in [5.41, 5.74) is 1.18. The van der Waals surface area contributed by atoms with Crippen molar-refractivity contribution in [1.82, 2.24) is 10.6 Å². The number of ether oxygens (including phenoxy) is 2. The molecule has 0 spiro atoms. The number of para-hydroxylation sites is 1. The molecule has 1 aliphatic heterocycles. The Bertz CT molecular complexity index is 557. The third-order valence-corrected chi connectivity index (χ3v) is 4.93. The highest BCUT2D eigenvalue weighted by atomic mass is 16.5. The van der Waals surface area contributed by atoms with Crippen molar-refractivity contribution in [3.63, 3.8) is 0 Å². The molecule has 1 aromatic rings. The van der Waals surface area contributed by atoms with Crippen molar-refractivity contribution >= 4 is 5.96 Å². The number of aliphatic hydroxyl groups is 1. The van der Waals surface area contributed by atoms with Gasteiger partial charge < -0.3 is 25.2 Å². The summed E-state index contributed by atoms with van der Waals surface area (Å²) < 4.78 is 11.0. The normalized spacial score (nSPS) is 21.8. The average molecular weight is 349 g/mol. The maximum absolute atomic E-state index is 9.32. The molecule has 1 aliphatic rings. The van der Waals surface area contributed by atoms with E-state index in [2.05, 4.69) is 28.6 Å². The first-order chi connectivity index (χ1) is 12.1. The van der Waals surface area contributed by atoms with E-state index in [-0.39, 0.29) is 17.9 Å². The lowest BCUT2D eigenvalue weighted by Gasteiger charge is -2.28. The van der Waals surface area contributed by atoms with Gasteiger partial charge >= 0.3 is 0 Å². The van der Waals surface area contributed by atoms with E-state index in [1.54, 1.807) is 14.2 Å². The summed E-state index contributed by atoms with van der Waals surface area (Å²) in [6, 6.07) is 8.08. The van der Waals surface area contributed by atoms with Crippen LogP contribution in [0.3, 0.4) is 0 Å². The van der Waals surface area contributed by atoms with Crippen molar-refractivity contribution in [3.8, 4) is 5.75 Å². The number of hydrogen-bond acceptors (Lipinski definition) is 4. The van der Waals surface area contributed by atoms with Gasteiger partial charge in [0.25, 0.3) is 0 Å². The Hall–Kier alpha value is -1.79. The zero-order valence-electron chi connectivity index (χ0n) is 15.5. The van der Waals surface area contributed by atoms with Crippen LogP contribution in [-0.4, -0.2) is 58.1 Å². The summed E-state index contributed by atoms with van der Waals surface area (Å²) in [6.45, 7) is 5.30. The number of benzene rings is 1. The Labute approximate surface area is 150 Å². The van der Waals surface area contributed by atoms with Crippen LogP contribution in [0.15, 0.2) is 29.3 Å². The second-order valence-electron chi connectivity index (χ2n) is 6.73. The van der Waals surface area contributed by atoms with Crippen LogP contribution in [0.5, 0.6) is 5.75 Å². The van der Waals surface area contributed by atoms with Crippen LogP contribution in [0.25, 0.3) is 0 Å². The summed E-state index contributed by atoms with van der Waals surface area (Å²) in [6.07, 6.45) is 1.71. The summed E-state index contributed by atoms with van der Waals surface area (Å²) >= 11 is 0. The van der Waals surface area contributed by atoms with E-state index in [9.17, 15) is 5.11 Å². The summed E-state index contributed by atoms with van der Waals surface area (Å²) in [4.78, 5) is 4.31. The molecule has 0 saturated carbocycles. The molecule has 140 valence electrons. The lowest BCUT2D eigenvalue weighted by Crippen LogP contribution is -2.45. The number of methoxy groups -OCH3 is 1. The van der Waals surface area contributed by atoms with Gasteiger partial charge in [0.15, 0.2) is 5.96 Å². The lowest BCUT2D eigenvalue weighted by atomic mass is 9.84. The topological polar surface area (TPSA) is 75.1 Å². The van der Waals surface area contributed by atoms with Crippen molar-refractivity contribution in [1.29, 1.82) is 0 Å². The van der Waals surface area contributed by atoms with Crippen LogP contribution in [0.4, 0.5) is 0 Å². The molecule has 25 heavy (non-hydrogen) atoms. The minimum absolute atomic E-state index is 0.000631. The smallest absolute Gasteiger partial charge is 0.191 e. The Balaban J connectivity index is 1.87. The van der Waals surface area contributed by atoms with Crippen molar-refractivity contribution in [2.24, 2.45) is 10.4 Å². The summed E-state index contributed by atoms with van der Waals surface area (Å²) in [5.74, 6) is 1.96. The maximum atomic E-state index is 9.32. The van der Waals surface area contributed by atoms with Gasteiger partial charge in [-0.25, -0.2) is 0 Å². The Morgan fingerprint density at radius 2 is 2.20 bits per heavy atom. The molecule has 0 radical (unpaired) electrons. The number of aliphatic imine (C=N–C) groups is 1. The number of guanidine groups is 1.